The molecule has 0 saturated heterocycles. The molecule has 0 amide bonds. The van der Waals surface area contributed by atoms with Crippen LogP contribution in [0.15, 0.2) is 0 Å². The van der Waals surface area contributed by atoms with Gasteiger partial charge in [-0.15, -0.1) is 11.3 Å². The summed E-state index contributed by atoms with van der Waals surface area (Å²) in [5.41, 5.74) is 1.39. The molecule has 0 saturated carbocycles. The zero-order chi connectivity index (χ0) is 11.4. The minimum atomic E-state index is 0.789. The molecule has 0 bridgehead atoms. The van der Waals surface area contributed by atoms with Crippen LogP contribution in [0.25, 0.3) is 0 Å². The lowest BCUT2D eigenvalue weighted by atomic mass is 10.0. The maximum Gasteiger partial charge on any atom is 0.107 e. The van der Waals surface area contributed by atoms with Gasteiger partial charge in [-0.05, 0) is 44.6 Å². The first kappa shape index (κ1) is 12.1. The highest BCUT2D eigenvalue weighted by Crippen LogP contribution is 2.26. The van der Waals surface area contributed by atoms with E-state index in [1.807, 2.05) is 11.3 Å². The summed E-state index contributed by atoms with van der Waals surface area (Å²) in [6.45, 7) is 6.61. The first-order valence-electron chi connectivity index (χ1n) is 6.44. The van der Waals surface area contributed by atoms with E-state index in [1.54, 1.807) is 4.88 Å². The molecular formula is C13H22N2S. The van der Waals surface area contributed by atoms with Gasteiger partial charge in [-0.1, -0.05) is 13.8 Å². The minimum Gasteiger partial charge on any atom is -0.310 e. The van der Waals surface area contributed by atoms with Crippen molar-refractivity contribution in [3.8, 4) is 0 Å². The molecular weight excluding hydrogens is 216 g/mol. The Hall–Kier alpha value is -0.410. The van der Waals surface area contributed by atoms with E-state index in [1.165, 1.54) is 42.8 Å². The van der Waals surface area contributed by atoms with Crippen LogP contribution in [0.4, 0.5) is 0 Å². The van der Waals surface area contributed by atoms with Crippen LogP contribution < -0.4 is 5.32 Å². The van der Waals surface area contributed by atoms with Gasteiger partial charge in [-0.25, -0.2) is 4.98 Å². The standard InChI is InChI=1S/C13H22N2S/c1-10(2)7-8-14-9-13-15-11-5-3-4-6-12(11)16-13/h10,14H,3-9H2,1-2H3. The highest BCUT2D eigenvalue weighted by Gasteiger charge is 2.14. The van der Waals surface area contributed by atoms with Crippen molar-refractivity contribution in [2.75, 3.05) is 6.54 Å². The second-order valence-corrected chi connectivity index (χ2v) is 6.21. The molecule has 0 radical (unpaired) electrons. The van der Waals surface area contributed by atoms with Gasteiger partial charge in [0.05, 0.1) is 5.69 Å². The number of thiazole rings is 1. The molecule has 90 valence electrons. The molecule has 16 heavy (non-hydrogen) atoms. The molecule has 1 aliphatic rings. The van der Waals surface area contributed by atoms with E-state index in [2.05, 4.69) is 19.2 Å². The van der Waals surface area contributed by atoms with Crippen LogP contribution in [0, 0.1) is 5.92 Å². The number of nitrogens with one attached hydrogen (secondary N) is 1. The minimum absolute atomic E-state index is 0.789. The van der Waals surface area contributed by atoms with Gasteiger partial charge in [0, 0.05) is 11.4 Å². The van der Waals surface area contributed by atoms with Gasteiger partial charge < -0.3 is 5.32 Å². The lowest BCUT2D eigenvalue weighted by Crippen LogP contribution is -2.16. The van der Waals surface area contributed by atoms with Gasteiger partial charge >= 0.3 is 0 Å². The van der Waals surface area contributed by atoms with Crippen LogP contribution in [0.2, 0.25) is 0 Å². The quantitative estimate of drug-likeness (QED) is 0.797. The molecule has 0 aliphatic heterocycles. The molecule has 2 nitrogen and oxygen atoms in total. The Morgan fingerprint density at radius 2 is 2.12 bits per heavy atom. The lowest BCUT2D eigenvalue weighted by molar-refractivity contribution is 0.536. The average Bonchev–Trinajstić information content (AvgIpc) is 2.66. The van der Waals surface area contributed by atoms with Crippen molar-refractivity contribution < 1.29 is 0 Å². The average molecular weight is 238 g/mol. The molecule has 1 aliphatic carbocycles. The maximum absolute atomic E-state index is 4.72. The summed E-state index contributed by atoms with van der Waals surface area (Å²) in [4.78, 5) is 6.27. The number of nitrogens with zero attached hydrogens (tertiary/aromatic N) is 1. The molecule has 1 N–H and O–H groups in total. The highest BCUT2D eigenvalue weighted by atomic mass is 32.1. The van der Waals surface area contributed by atoms with Crippen LogP contribution in [0.3, 0.4) is 0 Å². The van der Waals surface area contributed by atoms with Gasteiger partial charge in [0.2, 0.25) is 0 Å². The highest BCUT2D eigenvalue weighted by molar-refractivity contribution is 7.11. The third-order valence-corrected chi connectivity index (χ3v) is 4.22. The Morgan fingerprint density at radius 3 is 2.88 bits per heavy atom. The third-order valence-electron chi connectivity index (χ3n) is 3.06. The summed E-state index contributed by atoms with van der Waals surface area (Å²) in [5, 5.41) is 4.78. The number of rotatable bonds is 5. The Morgan fingerprint density at radius 1 is 1.31 bits per heavy atom. The van der Waals surface area contributed by atoms with E-state index in [4.69, 9.17) is 4.98 Å². The van der Waals surface area contributed by atoms with Gasteiger partial charge in [0.25, 0.3) is 0 Å². The Kier molecular flexibility index (Phi) is 4.36. The summed E-state index contributed by atoms with van der Waals surface area (Å²) in [5.74, 6) is 0.789. The van der Waals surface area contributed by atoms with Crippen LogP contribution in [0.1, 0.15) is 48.7 Å². The van der Waals surface area contributed by atoms with Crippen molar-refractivity contribution >= 4 is 11.3 Å². The van der Waals surface area contributed by atoms with Gasteiger partial charge in [0.1, 0.15) is 5.01 Å². The summed E-state index contributed by atoms with van der Waals surface area (Å²) in [6, 6.07) is 0. The number of hydrogen-bond acceptors (Lipinski definition) is 3. The van der Waals surface area contributed by atoms with E-state index in [0.29, 0.717) is 0 Å². The zero-order valence-electron chi connectivity index (χ0n) is 10.4. The van der Waals surface area contributed by atoms with E-state index in [0.717, 1.165) is 19.0 Å². The lowest BCUT2D eigenvalue weighted by Gasteiger charge is -2.06. The Bertz CT molecular complexity index is 307. The summed E-state index contributed by atoms with van der Waals surface area (Å²) >= 11 is 1.92. The third kappa shape index (κ3) is 3.29. The molecule has 0 fully saturated rings. The van der Waals surface area contributed by atoms with Gasteiger partial charge in [0.15, 0.2) is 0 Å². The second-order valence-electron chi connectivity index (χ2n) is 5.04. The van der Waals surface area contributed by atoms with Crippen molar-refractivity contribution in [3.63, 3.8) is 0 Å². The molecule has 0 spiro atoms. The van der Waals surface area contributed by atoms with Crippen LogP contribution >= 0.6 is 11.3 Å². The van der Waals surface area contributed by atoms with Crippen molar-refractivity contribution in [1.82, 2.24) is 10.3 Å². The van der Waals surface area contributed by atoms with Crippen LogP contribution in [0.5, 0.6) is 0 Å². The fourth-order valence-electron chi connectivity index (χ4n) is 2.07. The predicted octanol–water partition coefficient (Wildman–Crippen LogP) is 3.16. The zero-order valence-corrected chi connectivity index (χ0v) is 11.2. The van der Waals surface area contributed by atoms with E-state index >= 15 is 0 Å². The number of aromatic nitrogens is 1. The Labute approximate surface area is 102 Å². The van der Waals surface area contributed by atoms with Crippen LogP contribution in [-0.2, 0) is 19.4 Å². The summed E-state index contributed by atoms with van der Waals surface area (Å²) < 4.78 is 0. The van der Waals surface area contributed by atoms with Gasteiger partial charge in [-0.2, -0.15) is 0 Å². The van der Waals surface area contributed by atoms with E-state index in [9.17, 15) is 0 Å². The predicted molar refractivity (Wildman–Crippen MR) is 69.9 cm³/mol. The van der Waals surface area contributed by atoms with E-state index in [-0.39, 0.29) is 0 Å². The van der Waals surface area contributed by atoms with Crippen LogP contribution in [-0.4, -0.2) is 11.5 Å². The van der Waals surface area contributed by atoms with Gasteiger partial charge in [-0.3, -0.25) is 0 Å². The number of hydrogen-bond donors (Lipinski definition) is 1. The van der Waals surface area contributed by atoms with Crippen molar-refractivity contribution in [3.05, 3.63) is 15.6 Å². The molecule has 0 atom stereocenters. The first-order valence-corrected chi connectivity index (χ1v) is 7.25. The molecule has 1 aromatic heterocycles. The monoisotopic (exact) mass is 238 g/mol. The smallest absolute Gasteiger partial charge is 0.107 e. The molecule has 0 unspecified atom stereocenters. The van der Waals surface area contributed by atoms with Crippen molar-refractivity contribution in [2.24, 2.45) is 5.92 Å². The Balaban J connectivity index is 1.79. The molecule has 3 heteroatoms. The van der Waals surface area contributed by atoms with Crippen molar-refractivity contribution in [1.29, 1.82) is 0 Å². The normalized spacial score (nSPS) is 15.4. The maximum atomic E-state index is 4.72. The first-order chi connectivity index (χ1) is 7.75. The van der Waals surface area contributed by atoms with E-state index < -0.39 is 0 Å². The number of fused-ring (bicyclic) bond motifs is 1. The fraction of sp³-hybridized carbons (Fsp3) is 0.769. The SMILES string of the molecule is CC(C)CCNCc1nc2c(s1)CCCC2. The molecule has 2 rings (SSSR count). The second kappa shape index (κ2) is 5.78. The molecule has 1 aromatic rings. The topological polar surface area (TPSA) is 24.9 Å². The largest absolute Gasteiger partial charge is 0.310 e. The fourth-order valence-corrected chi connectivity index (χ4v) is 3.19. The van der Waals surface area contributed by atoms with Crippen molar-refractivity contribution in [2.45, 2.75) is 52.5 Å². The summed E-state index contributed by atoms with van der Waals surface area (Å²) in [6.07, 6.45) is 6.41. The summed E-state index contributed by atoms with van der Waals surface area (Å²) in [7, 11) is 0. The molecule has 0 aromatic carbocycles. The number of aryl methyl sites for hydroxylation is 2. The molecule has 1 heterocycles.